The molecule has 0 spiro atoms. The van der Waals surface area contributed by atoms with Gasteiger partial charge in [0.25, 0.3) is 0 Å². The van der Waals surface area contributed by atoms with Gasteiger partial charge in [0.1, 0.15) is 11.5 Å². The predicted molar refractivity (Wildman–Crippen MR) is 130 cm³/mol. The minimum absolute atomic E-state index is 0.239. The number of carbonyl (C=O) groups excluding carboxylic acids is 1. The second-order valence-electron chi connectivity index (χ2n) is 10.4. The van der Waals surface area contributed by atoms with Crippen molar-refractivity contribution in [2.24, 2.45) is 29.6 Å². The third-order valence-electron chi connectivity index (χ3n) is 8.36. The standard InChI is InChI=1S/C27H35NO4S/c1-32-24-9-11-25(12-10-24)33(30,31)28(23-6-3-2-4-7-23)13-5-8-26(29)27-21-15-19-14-20(17-21)18-22(27)16-19/h2-3,6,9-12,19-22,27H,4-5,7-8,13-18H2,1H3/p+1. The highest BCUT2D eigenvalue weighted by molar-refractivity contribution is 7.95. The second kappa shape index (κ2) is 9.38. The average Bonchev–Trinajstić information content (AvgIpc) is 2.81. The molecule has 4 fully saturated rings. The molecule has 0 aliphatic heterocycles. The van der Waals surface area contributed by atoms with Gasteiger partial charge in [-0.15, -0.1) is 0 Å². The van der Waals surface area contributed by atoms with Crippen LogP contribution in [0.1, 0.15) is 57.8 Å². The van der Waals surface area contributed by atoms with Crippen LogP contribution in [0.3, 0.4) is 0 Å². The third-order valence-corrected chi connectivity index (χ3v) is 10.3. The number of Topliss-reactive ketones (excluding diaryl/α,β-unsaturated/α-hetero) is 1. The van der Waals surface area contributed by atoms with E-state index >= 15 is 0 Å². The molecule has 0 heterocycles. The van der Waals surface area contributed by atoms with Crippen LogP contribution in [0.5, 0.6) is 5.75 Å². The highest BCUT2D eigenvalue weighted by Gasteiger charge is 2.50. The van der Waals surface area contributed by atoms with Gasteiger partial charge in [-0.2, -0.15) is 8.86 Å². The van der Waals surface area contributed by atoms with Crippen molar-refractivity contribution in [1.29, 1.82) is 0 Å². The molecule has 1 atom stereocenters. The number of hydrogen-bond donors (Lipinski definition) is 1. The first-order valence-corrected chi connectivity index (χ1v) is 14.0. The van der Waals surface area contributed by atoms with Gasteiger partial charge >= 0.3 is 10.4 Å². The van der Waals surface area contributed by atoms with Gasteiger partial charge in [0, 0.05) is 24.5 Å². The summed E-state index contributed by atoms with van der Waals surface area (Å²) >= 11 is 0. The average molecular weight is 471 g/mol. The molecule has 4 saturated carbocycles. The van der Waals surface area contributed by atoms with Crippen LogP contribution in [0.15, 0.2) is 53.1 Å². The molecule has 1 N–H and O–H groups in total. The van der Waals surface area contributed by atoms with Gasteiger partial charge in [-0.1, -0.05) is 12.2 Å². The van der Waals surface area contributed by atoms with Crippen LogP contribution in [0.2, 0.25) is 0 Å². The van der Waals surface area contributed by atoms with Gasteiger partial charge in [0.15, 0.2) is 0 Å². The normalized spacial score (nSPS) is 31.7. The van der Waals surface area contributed by atoms with Crippen molar-refractivity contribution in [1.82, 2.24) is 4.31 Å². The van der Waals surface area contributed by atoms with E-state index in [0.29, 0.717) is 47.7 Å². The Morgan fingerprint density at radius 2 is 1.76 bits per heavy atom. The second-order valence-corrected chi connectivity index (χ2v) is 12.3. The van der Waals surface area contributed by atoms with Crippen molar-refractivity contribution in [3.05, 3.63) is 48.2 Å². The molecule has 1 unspecified atom stereocenters. The lowest BCUT2D eigenvalue weighted by Gasteiger charge is -2.53. The predicted octanol–water partition coefficient (Wildman–Crippen LogP) is 5.90. The van der Waals surface area contributed by atoms with E-state index in [9.17, 15) is 13.6 Å². The summed E-state index contributed by atoms with van der Waals surface area (Å²) in [5.74, 6) is 4.21. The molecule has 0 amide bonds. The van der Waals surface area contributed by atoms with Crippen molar-refractivity contribution in [3.8, 4) is 5.75 Å². The van der Waals surface area contributed by atoms with Gasteiger partial charge in [0.05, 0.1) is 19.4 Å². The molecule has 0 saturated heterocycles. The molecule has 178 valence electrons. The van der Waals surface area contributed by atoms with Gasteiger partial charge < -0.3 is 4.74 Å². The molecule has 0 radical (unpaired) electrons. The van der Waals surface area contributed by atoms with Crippen LogP contribution >= 0.6 is 0 Å². The zero-order chi connectivity index (χ0) is 23.0. The summed E-state index contributed by atoms with van der Waals surface area (Å²) in [6.07, 6.45) is 15.0. The zero-order valence-corrected chi connectivity index (χ0v) is 20.3. The Kier molecular flexibility index (Phi) is 6.49. The van der Waals surface area contributed by atoms with E-state index < -0.39 is 10.4 Å². The van der Waals surface area contributed by atoms with Gasteiger partial charge in [-0.25, -0.2) is 0 Å². The van der Waals surface area contributed by atoms with E-state index in [1.54, 1.807) is 35.7 Å². The Bertz CT molecular complexity index is 954. The molecule has 33 heavy (non-hydrogen) atoms. The quantitative estimate of drug-likeness (QED) is 0.456. The molecule has 6 rings (SSSR count). The van der Waals surface area contributed by atoms with Gasteiger partial charge in [-0.3, -0.25) is 4.79 Å². The largest absolute Gasteiger partial charge is 0.497 e. The molecule has 5 aliphatic carbocycles. The molecule has 5 aliphatic rings. The van der Waals surface area contributed by atoms with E-state index in [1.807, 2.05) is 12.2 Å². The lowest BCUT2D eigenvalue weighted by molar-refractivity contribution is -0.136. The van der Waals surface area contributed by atoms with Crippen LogP contribution in [0.25, 0.3) is 0 Å². The van der Waals surface area contributed by atoms with E-state index in [1.165, 1.54) is 32.1 Å². The first kappa shape index (κ1) is 22.9. The molecule has 5 nitrogen and oxygen atoms in total. The van der Waals surface area contributed by atoms with Crippen molar-refractivity contribution in [2.45, 2.75) is 62.7 Å². The fourth-order valence-corrected chi connectivity index (χ4v) is 8.71. The molecule has 4 bridgehead atoms. The summed E-state index contributed by atoms with van der Waals surface area (Å²) in [7, 11) is -1.87. The first-order chi connectivity index (χ1) is 16.0. The molecular formula is C27H36NO4S+. The fraction of sp³-hybridized carbons (Fsp3) is 0.593. The zero-order valence-electron chi connectivity index (χ0n) is 19.5. The van der Waals surface area contributed by atoms with Crippen molar-refractivity contribution < 1.29 is 18.3 Å². The maximum Gasteiger partial charge on any atom is 0.348 e. The summed E-state index contributed by atoms with van der Waals surface area (Å²) in [6, 6.07) is 6.75. The number of hydrogen-bond acceptors (Lipinski definition) is 3. The van der Waals surface area contributed by atoms with Gasteiger partial charge in [0.2, 0.25) is 4.90 Å². The minimum atomic E-state index is -3.45. The summed E-state index contributed by atoms with van der Waals surface area (Å²) in [6.45, 7) is 0.403. The molecule has 1 aromatic carbocycles. The number of allylic oxidation sites excluding steroid dienone is 4. The van der Waals surface area contributed by atoms with Crippen LogP contribution in [-0.2, 0) is 19.4 Å². The van der Waals surface area contributed by atoms with Crippen molar-refractivity contribution in [2.75, 3.05) is 13.7 Å². The Labute approximate surface area is 198 Å². The highest BCUT2D eigenvalue weighted by Crippen LogP contribution is 2.57. The maximum atomic E-state index is 13.7. The van der Waals surface area contributed by atoms with E-state index in [0.717, 1.165) is 30.4 Å². The molecule has 6 heteroatoms. The summed E-state index contributed by atoms with van der Waals surface area (Å²) in [5, 5.41) is 0. The lowest BCUT2D eigenvalue weighted by atomic mass is 9.51. The number of ether oxygens (including phenoxy) is 1. The summed E-state index contributed by atoms with van der Waals surface area (Å²) < 4.78 is 31.7. The summed E-state index contributed by atoms with van der Waals surface area (Å²) in [4.78, 5) is 13.7. The minimum Gasteiger partial charge on any atom is -0.497 e. The third kappa shape index (κ3) is 4.57. The Morgan fingerprint density at radius 3 is 2.33 bits per heavy atom. The number of ketones is 1. The SMILES string of the molecule is COc1ccc([S+](=O)(O)N(CCCC(=O)C2C3CC4CC(C3)CC2C4)C2=CC=CCC2)cc1. The van der Waals surface area contributed by atoms with Crippen LogP contribution < -0.4 is 4.74 Å². The van der Waals surface area contributed by atoms with Crippen molar-refractivity contribution >= 4 is 16.2 Å². The van der Waals surface area contributed by atoms with E-state index in [-0.39, 0.29) is 5.92 Å². The number of carbonyl (C=O) groups is 1. The number of rotatable bonds is 9. The van der Waals surface area contributed by atoms with Gasteiger partial charge in [-0.05, 0) is 97.5 Å². The maximum absolute atomic E-state index is 13.7. The highest BCUT2D eigenvalue weighted by atomic mass is 32.3. The lowest BCUT2D eigenvalue weighted by Crippen LogP contribution is -2.48. The first-order valence-electron chi connectivity index (χ1n) is 12.5. The van der Waals surface area contributed by atoms with Crippen LogP contribution in [-0.4, -0.2) is 28.3 Å². The smallest absolute Gasteiger partial charge is 0.348 e. The molecular weight excluding hydrogens is 434 g/mol. The van der Waals surface area contributed by atoms with Crippen LogP contribution in [0.4, 0.5) is 0 Å². The fourth-order valence-electron chi connectivity index (χ4n) is 7.12. The number of benzene rings is 1. The topological polar surface area (TPSA) is 66.8 Å². The Hall–Kier alpha value is -1.92. The number of nitrogens with zero attached hydrogens (tertiary/aromatic N) is 1. The van der Waals surface area contributed by atoms with Crippen molar-refractivity contribution in [3.63, 3.8) is 0 Å². The number of methoxy groups -OCH3 is 1. The Morgan fingerprint density at radius 1 is 1.09 bits per heavy atom. The monoisotopic (exact) mass is 470 g/mol. The Balaban J connectivity index is 1.28. The van der Waals surface area contributed by atoms with E-state index in [2.05, 4.69) is 6.08 Å². The summed E-state index contributed by atoms with van der Waals surface area (Å²) in [5.41, 5.74) is 0.864. The van der Waals surface area contributed by atoms with E-state index in [4.69, 9.17) is 4.74 Å². The molecule has 1 aromatic rings. The van der Waals surface area contributed by atoms with Crippen LogP contribution in [0, 0.1) is 29.6 Å². The molecule has 0 aromatic heterocycles.